The Morgan fingerprint density at radius 3 is 2.35 bits per heavy atom. The quantitative estimate of drug-likeness (QED) is 0.830. The zero-order valence-corrected chi connectivity index (χ0v) is 14.4. The minimum absolute atomic E-state index is 0. The van der Waals surface area contributed by atoms with Gasteiger partial charge in [-0.2, -0.15) is 0 Å². The van der Waals surface area contributed by atoms with Gasteiger partial charge in [0, 0.05) is 0 Å². The maximum Gasteiger partial charge on any atom is 0.262 e. The molecule has 0 saturated carbocycles. The highest BCUT2D eigenvalue weighted by Gasteiger charge is 2.18. The first kappa shape index (κ1) is 18.8. The number of halogens is 1. The molecule has 1 amide bonds. The highest BCUT2D eigenvalue weighted by molar-refractivity contribution is 5.94. The van der Waals surface area contributed by atoms with Gasteiger partial charge >= 0.3 is 0 Å². The van der Waals surface area contributed by atoms with Crippen molar-refractivity contribution < 1.29 is 9.53 Å². The molecule has 0 aliphatic carbocycles. The van der Waals surface area contributed by atoms with E-state index in [0.717, 1.165) is 11.3 Å². The van der Waals surface area contributed by atoms with Crippen LogP contribution in [0.5, 0.6) is 5.75 Å². The number of ether oxygens (including phenoxy) is 1. The lowest BCUT2D eigenvalue weighted by molar-refractivity contribution is -0.118. The Balaban J connectivity index is 0.00000264. The molecule has 0 atom stereocenters. The predicted octanol–water partition coefficient (Wildman–Crippen LogP) is 4.01. The van der Waals surface area contributed by atoms with Gasteiger partial charge in [-0.15, -0.1) is 12.4 Å². The minimum Gasteiger partial charge on any atom is -0.483 e. The molecule has 3 N–H and O–H groups in total. The van der Waals surface area contributed by atoms with E-state index in [1.165, 1.54) is 0 Å². The number of anilines is 2. The molecule has 23 heavy (non-hydrogen) atoms. The number of hydrogen-bond acceptors (Lipinski definition) is 3. The lowest BCUT2D eigenvalue weighted by Crippen LogP contribution is -2.22. The number of benzene rings is 2. The largest absolute Gasteiger partial charge is 0.483 e. The second-order valence-electron chi connectivity index (χ2n) is 6.17. The van der Waals surface area contributed by atoms with Crippen molar-refractivity contribution in [1.29, 1.82) is 0 Å². The summed E-state index contributed by atoms with van der Waals surface area (Å²) in [7, 11) is 0. The van der Waals surface area contributed by atoms with Crippen LogP contribution < -0.4 is 15.8 Å². The second-order valence-corrected chi connectivity index (χ2v) is 6.17. The van der Waals surface area contributed by atoms with Crippen molar-refractivity contribution >= 4 is 29.7 Å². The summed E-state index contributed by atoms with van der Waals surface area (Å²) in [6, 6.07) is 14.9. The molecule has 2 aromatic rings. The Kier molecular flexibility index (Phi) is 6.46. The normalized spacial score (nSPS) is 10.6. The third-order valence-electron chi connectivity index (χ3n) is 3.29. The molecule has 124 valence electrons. The molecule has 0 bridgehead atoms. The Hall–Kier alpha value is -2.20. The molecule has 0 aliphatic heterocycles. The SMILES string of the molecule is CC(C)(C)c1ccccc1OCC(=O)Nc1ccccc1N.Cl. The molecule has 4 nitrogen and oxygen atoms in total. The van der Waals surface area contributed by atoms with Crippen LogP contribution in [0.4, 0.5) is 11.4 Å². The van der Waals surface area contributed by atoms with Crippen molar-refractivity contribution in [1.82, 2.24) is 0 Å². The zero-order chi connectivity index (χ0) is 16.2. The van der Waals surface area contributed by atoms with Crippen LogP contribution in [0.25, 0.3) is 0 Å². The molecular weight excluding hydrogens is 312 g/mol. The van der Waals surface area contributed by atoms with Gasteiger partial charge in [-0.05, 0) is 29.2 Å². The number of rotatable bonds is 4. The van der Waals surface area contributed by atoms with Gasteiger partial charge in [-0.3, -0.25) is 4.79 Å². The maximum atomic E-state index is 12.0. The summed E-state index contributed by atoms with van der Waals surface area (Å²) in [5, 5.41) is 2.75. The molecule has 0 radical (unpaired) electrons. The lowest BCUT2D eigenvalue weighted by atomic mass is 9.86. The first-order valence-electron chi connectivity index (χ1n) is 7.24. The van der Waals surface area contributed by atoms with Crippen molar-refractivity contribution in [3.63, 3.8) is 0 Å². The number of nitrogen functional groups attached to an aromatic ring is 1. The van der Waals surface area contributed by atoms with Crippen molar-refractivity contribution in [3.8, 4) is 5.75 Å². The fourth-order valence-electron chi connectivity index (χ4n) is 2.15. The molecule has 0 unspecified atom stereocenters. The van der Waals surface area contributed by atoms with Gasteiger partial charge in [-0.1, -0.05) is 51.1 Å². The monoisotopic (exact) mass is 334 g/mol. The molecular formula is C18H23ClN2O2. The second kappa shape index (κ2) is 7.88. The van der Waals surface area contributed by atoms with Crippen molar-refractivity contribution in [2.24, 2.45) is 0 Å². The molecule has 2 aromatic carbocycles. The van der Waals surface area contributed by atoms with Crippen LogP contribution in [0.1, 0.15) is 26.3 Å². The molecule has 2 rings (SSSR count). The number of carbonyl (C=O) groups excluding carboxylic acids is 1. The van der Waals surface area contributed by atoms with Crippen LogP contribution in [0.3, 0.4) is 0 Å². The summed E-state index contributed by atoms with van der Waals surface area (Å²) in [4.78, 5) is 12.0. The van der Waals surface area contributed by atoms with Gasteiger partial charge in [0.05, 0.1) is 11.4 Å². The standard InChI is InChI=1S/C18H22N2O2.ClH/c1-18(2,3)13-8-4-7-11-16(13)22-12-17(21)20-15-10-6-5-9-14(15)19;/h4-11H,12,19H2,1-3H3,(H,20,21);1H. The highest BCUT2D eigenvalue weighted by atomic mass is 35.5. The number of nitrogens with one attached hydrogen (secondary N) is 1. The number of hydrogen-bond donors (Lipinski definition) is 2. The predicted molar refractivity (Wildman–Crippen MR) is 97.4 cm³/mol. The fourth-order valence-corrected chi connectivity index (χ4v) is 2.15. The molecule has 0 aromatic heterocycles. The first-order chi connectivity index (χ1) is 10.4. The van der Waals surface area contributed by atoms with Gasteiger partial charge in [0.1, 0.15) is 5.75 Å². The Bertz CT molecular complexity index is 666. The first-order valence-corrected chi connectivity index (χ1v) is 7.24. The van der Waals surface area contributed by atoms with Gasteiger partial charge in [0.15, 0.2) is 6.61 Å². The van der Waals surface area contributed by atoms with Gasteiger partial charge in [0.2, 0.25) is 0 Å². The van der Waals surface area contributed by atoms with E-state index in [0.29, 0.717) is 11.4 Å². The lowest BCUT2D eigenvalue weighted by Gasteiger charge is -2.22. The van der Waals surface area contributed by atoms with E-state index in [1.54, 1.807) is 12.1 Å². The molecule has 0 fully saturated rings. The Labute approximate surface area is 143 Å². The van der Waals surface area contributed by atoms with Crippen LogP contribution in [-0.4, -0.2) is 12.5 Å². The molecule has 0 heterocycles. The van der Waals surface area contributed by atoms with Crippen LogP contribution in [-0.2, 0) is 10.2 Å². The molecule has 0 saturated heterocycles. The van der Waals surface area contributed by atoms with E-state index in [1.807, 2.05) is 36.4 Å². The summed E-state index contributed by atoms with van der Waals surface area (Å²) >= 11 is 0. The summed E-state index contributed by atoms with van der Waals surface area (Å²) in [6.07, 6.45) is 0. The summed E-state index contributed by atoms with van der Waals surface area (Å²) in [5.41, 5.74) is 7.96. The summed E-state index contributed by atoms with van der Waals surface area (Å²) in [5.74, 6) is 0.493. The van der Waals surface area contributed by atoms with Crippen LogP contribution >= 0.6 is 12.4 Å². The van der Waals surface area contributed by atoms with E-state index in [-0.39, 0.29) is 30.3 Å². The Morgan fingerprint density at radius 2 is 1.70 bits per heavy atom. The topological polar surface area (TPSA) is 64.3 Å². The molecule has 5 heteroatoms. The van der Waals surface area contributed by atoms with Gasteiger partial charge in [0.25, 0.3) is 5.91 Å². The molecule has 0 aliphatic rings. The number of amides is 1. The average molecular weight is 335 g/mol. The number of para-hydroxylation sites is 3. The third-order valence-corrected chi connectivity index (χ3v) is 3.29. The van der Waals surface area contributed by atoms with E-state index < -0.39 is 0 Å². The average Bonchev–Trinajstić information content (AvgIpc) is 2.47. The van der Waals surface area contributed by atoms with Gasteiger partial charge < -0.3 is 15.8 Å². The van der Waals surface area contributed by atoms with Crippen molar-refractivity contribution in [2.75, 3.05) is 17.7 Å². The Morgan fingerprint density at radius 1 is 1.09 bits per heavy atom. The summed E-state index contributed by atoms with van der Waals surface area (Å²) in [6.45, 7) is 6.28. The van der Waals surface area contributed by atoms with Crippen LogP contribution in [0.15, 0.2) is 48.5 Å². The smallest absolute Gasteiger partial charge is 0.262 e. The minimum atomic E-state index is -0.235. The highest BCUT2D eigenvalue weighted by Crippen LogP contribution is 2.30. The van der Waals surface area contributed by atoms with E-state index in [9.17, 15) is 4.79 Å². The van der Waals surface area contributed by atoms with Crippen molar-refractivity contribution in [2.45, 2.75) is 26.2 Å². The third kappa shape index (κ3) is 5.18. The van der Waals surface area contributed by atoms with Crippen LogP contribution in [0.2, 0.25) is 0 Å². The zero-order valence-electron chi connectivity index (χ0n) is 13.6. The molecule has 0 spiro atoms. The van der Waals surface area contributed by atoms with Crippen LogP contribution in [0, 0.1) is 0 Å². The van der Waals surface area contributed by atoms with Gasteiger partial charge in [-0.25, -0.2) is 0 Å². The fraction of sp³-hybridized carbons (Fsp3) is 0.278. The van der Waals surface area contributed by atoms with E-state index >= 15 is 0 Å². The number of nitrogens with two attached hydrogens (primary N) is 1. The van der Waals surface area contributed by atoms with E-state index in [4.69, 9.17) is 10.5 Å². The number of carbonyl (C=O) groups is 1. The van der Waals surface area contributed by atoms with E-state index in [2.05, 4.69) is 26.1 Å². The summed E-state index contributed by atoms with van der Waals surface area (Å²) < 4.78 is 5.68. The maximum absolute atomic E-state index is 12.0. The van der Waals surface area contributed by atoms with Crippen molar-refractivity contribution in [3.05, 3.63) is 54.1 Å².